The number of nitrogens with zero attached hydrogens (tertiary/aromatic N) is 4. The Morgan fingerprint density at radius 1 is 1.03 bits per heavy atom. The summed E-state index contributed by atoms with van der Waals surface area (Å²) in [6, 6.07) is 15.6. The van der Waals surface area contributed by atoms with Crippen molar-refractivity contribution < 1.29 is 4.74 Å². The van der Waals surface area contributed by atoms with E-state index < -0.39 is 0 Å². The Morgan fingerprint density at radius 2 is 1.74 bits per heavy atom. The first-order valence-electron chi connectivity index (χ1n) is 10.7. The van der Waals surface area contributed by atoms with Gasteiger partial charge in [0.15, 0.2) is 0 Å². The maximum Gasteiger partial charge on any atom is 0.274 e. The fourth-order valence-electron chi connectivity index (χ4n) is 4.33. The van der Waals surface area contributed by atoms with Crippen LogP contribution in [-0.4, -0.2) is 47.6 Å². The zero-order valence-electron chi connectivity index (χ0n) is 18.3. The van der Waals surface area contributed by atoms with Crippen molar-refractivity contribution in [1.29, 1.82) is 0 Å². The number of halogens is 1. The molecule has 31 heavy (non-hydrogen) atoms. The van der Waals surface area contributed by atoms with Gasteiger partial charge in [0.1, 0.15) is 5.75 Å². The van der Waals surface area contributed by atoms with Gasteiger partial charge >= 0.3 is 0 Å². The maximum atomic E-state index is 13.0. The molecular formula is C24H29ClN4O2. The molecule has 0 unspecified atom stereocenters. The highest BCUT2D eigenvalue weighted by molar-refractivity contribution is 6.30. The van der Waals surface area contributed by atoms with Crippen LogP contribution in [0.5, 0.6) is 5.75 Å². The fraction of sp³-hybridized carbons (Fsp3) is 0.375. The molecule has 0 saturated carbocycles. The molecule has 1 fully saturated rings. The van der Waals surface area contributed by atoms with E-state index in [1.54, 1.807) is 11.8 Å². The Kier molecular flexibility index (Phi) is 6.39. The molecule has 0 bridgehead atoms. The summed E-state index contributed by atoms with van der Waals surface area (Å²) in [7, 11) is 1.69. The second-order valence-electron chi connectivity index (χ2n) is 7.82. The van der Waals surface area contributed by atoms with E-state index in [-0.39, 0.29) is 5.56 Å². The van der Waals surface area contributed by atoms with E-state index in [2.05, 4.69) is 21.4 Å². The number of anilines is 1. The first-order valence-corrected chi connectivity index (χ1v) is 11.1. The highest BCUT2D eigenvalue weighted by atomic mass is 35.5. The smallest absolute Gasteiger partial charge is 0.274 e. The van der Waals surface area contributed by atoms with Crippen LogP contribution < -0.4 is 15.2 Å². The van der Waals surface area contributed by atoms with Gasteiger partial charge in [-0.1, -0.05) is 29.8 Å². The van der Waals surface area contributed by atoms with E-state index in [0.717, 1.165) is 67.7 Å². The molecule has 0 spiro atoms. The lowest BCUT2D eigenvalue weighted by molar-refractivity contribution is 0.240. The number of methoxy groups -OCH3 is 1. The summed E-state index contributed by atoms with van der Waals surface area (Å²) in [5.41, 5.74) is 3.91. The highest BCUT2D eigenvalue weighted by Crippen LogP contribution is 2.32. The Morgan fingerprint density at radius 3 is 2.39 bits per heavy atom. The van der Waals surface area contributed by atoms with E-state index >= 15 is 0 Å². The van der Waals surface area contributed by atoms with Crippen LogP contribution in [0.15, 0.2) is 53.3 Å². The van der Waals surface area contributed by atoms with E-state index in [0.29, 0.717) is 5.02 Å². The van der Waals surface area contributed by atoms with Gasteiger partial charge < -0.3 is 9.64 Å². The lowest BCUT2D eigenvalue weighted by atomic mass is 10.2. The summed E-state index contributed by atoms with van der Waals surface area (Å²) in [5.74, 6) is 0.841. The molecule has 0 N–H and O–H groups in total. The quantitative estimate of drug-likeness (QED) is 0.582. The van der Waals surface area contributed by atoms with Gasteiger partial charge in [-0.05, 0) is 44.2 Å². The van der Waals surface area contributed by atoms with E-state index in [1.807, 2.05) is 55.5 Å². The van der Waals surface area contributed by atoms with Crippen LogP contribution in [0.4, 0.5) is 5.69 Å². The molecule has 0 aliphatic carbocycles. The average molecular weight is 441 g/mol. The van der Waals surface area contributed by atoms with Crippen LogP contribution in [0.2, 0.25) is 5.02 Å². The lowest BCUT2D eigenvalue weighted by Crippen LogP contribution is -2.46. The minimum Gasteiger partial charge on any atom is -0.495 e. The standard InChI is InChI=1S/C24H29ClN4O2/c1-4-28-22(18(2)24(30)29(28)20-8-6-5-7-9-20)17-26-12-14-27(15-13-26)21-16-19(25)10-11-23(21)31-3/h5-11,16H,4,12-15,17H2,1-3H3. The van der Waals surface area contributed by atoms with Crippen molar-refractivity contribution in [2.75, 3.05) is 38.2 Å². The van der Waals surface area contributed by atoms with Gasteiger partial charge in [-0.25, -0.2) is 4.68 Å². The molecule has 7 heteroatoms. The molecule has 1 aromatic heterocycles. The summed E-state index contributed by atoms with van der Waals surface area (Å²) >= 11 is 6.22. The number of rotatable bonds is 6. The first-order chi connectivity index (χ1) is 15.0. The number of ether oxygens (including phenoxy) is 1. The molecule has 0 radical (unpaired) electrons. The third-order valence-corrected chi connectivity index (χ3v) is 6.26. The number of benzene rings is 2. The number of hydrogen-bond acceptors (Lipinski definition) is 4. The third-order valence-electron chi connectivity index (χ3n) is 6.03. The van der Waals surface area contributed by atoms with Gasteiger partial charge in [-0.2, -0.15) is 0 Å². The monoisotopic (exact) mass is 440 g/mol. The van der Waals surface area contributed by atoms with Crippen molar-refractivity contribution >= 4 is 17.3 Å². The van der Waals surface area contributed by atoms with Gasteiger partial charge in [0.05, 0.1) is 24.2 Å². The van der Waals surface area contributed by atoms with Crippen molar-refractivity contribution in [2.45, 2.75) is 26.9 Å². The predicted octanol–water partition coefficient (Wildman–Crippen LogP) is 3.95. The first kappa shape index (κ1) is 21.5. The van der Waals surface area contributed by atoms with Crippen molar-refractivity contribution in [1.82, 2.24) is 14.3 Å². The summed E-state index contributed by atoms with van der Waals surface area (Å²) < 4.78 is 9.44. The van der Waals surface area contributed by atoms with Gasteiger partial charge in [-0.15, -0.1) is 0 Å². The molecule has 3 aromatic rings. The molecule has 0 atom stereocenters. The van der Waals surface area contributed by atoms with Gasteiger partial charge in [0.2, 0.25) is 0 Å². The Bertz CT molecular complexity index is 1100. The summed E-state index contributed by atoms with van der Waals surface area (Å²) in [5, 5.41) is 0.711. The highest BCUT2D eigenvalue weighted by Gasteiger charge is 2.24. The molecule has 4 rings (SSSR count). The molecule has 2 aromatic carbocycles. The summed E-state index contributed by atoms with van der Waals surface area (Å²) in [6.07, 6.45) is 0. The molecule has 1 aliphatic rings. The van der Waals surface area contributed by atoms with E-state index in [9.17, 15) is 4.79 Å². The van der Waals surface area contributed by atoms with Crippen molar-refractivity contribution in [3.05, 3.63) is 75.2 Å². The van der Waals surface area contributed by atoms with Crippen LogP contribution in [0.25, 0.3) is 5.69 Å². The average Bonchev–Trinajstić information content (AvgIpc) is 3.04. The Balaban J connectivity index is 1.53. The van der Waals surface area contributed by atoms with Crippen molar-refractivity contribution in [3.8, 4) is 11.4 Å². The van der Waals surface area contributed by atoms with Gasteiger partial charge in [-0.3, -0.25) is 14.4 Å². The second-order valence-corrected chi connectivity index (χ2v) is 8.26. The Labute approximate surface area is 188 Å². The van der Waals surface area contributed by atoms with Crippen LogP contribution >= 0.6 is 11.6 Å². The largest absolute Gasteiger partial charge is 0.495 e. The Hall–Kier alpha value is -2.70. The zero-order valence-corrected chi connectivity index (χ0v) is 19.1. The van der Waals surface area contributed by atoms with Crippen molar-refractivity contribution in [3.63, 3.8) is 0 Å². The van der Waals surface area contributed by atoms with Crippen molar-refractivity contribution in [2.24, 2.45) is 0 Å². The molecule has 6 nitrogen and oxygen atoms in total. The predicted molar refractivity (Wildman–Crippen MR) is 126 cm³/mol. The maximum absolute atomic E-state index is 13.0. The number of hydrogen-bond donors (Lipinski definition) is 0. The summed E-state index contributed by atoms with van der Waals surface area (Å²) in [4.78, 5) is 17.8. The normalized spacial score (nSPS) is 14.8. The van der Waals surface area contributed by atoms with Crippen LogP contribution in [0, 0.1) is 6.92 Å². The van der Waals surface area contributed by atoms with Crippen LogP contribution in [0.3, 0.4) is 0 Å². The molecule has 1 saturated heterocycles. The van der Waals surface area contributed by atoms with E-state index in [1.165, 1.54) is 0 Å². The number of aromatic nitrogens is 2. The molecule has 2 heterocycles. The molecule has 164 valence electrons. The number of piperazine rings is 1. The van der Waals surface area contributed by atoms with Crippen LogP contribution in [0.1, 0.15) is 18.2 Å². The number of para-hydroxylation sites is 1. The molecular weight excluding hydrogens is 412 g/mol. The molecule has 0 amide bonds. The van der Waals surface area contributed by atoms with Gasteiger partial charge in [0.25, 0.3) is 5.56 Å². The van der Waals surface area contributed by atoms with Crippen LogP contribution in [-0.2, 0) is 13.1 Å². The molecule has 1 aliphatic heterocycles. The SMILES string of the molecule is CCn1c(CN2CCN(c3cc(Cl)ccc3OC)CC2)c(C)c(=O)n1-c1ccccc1. The van der Waals surface area contributed by atoms with E-state index in [4.69, 9.17) is 16.3 Å². The second kappa shape index (κ2) is 9.20. The van der Waals surface area contributed by atoms with Gasteiger partial charge in [0, 0.05) is 49.9 Å². The fourth-order valence-corrected chi connectivity index (χ4v) is 4.50. The summed E-state index contributed by atoms with van der Waals surface area (Å²) in [6.45, 7) is 9.11. The minimum atomic E-state index is 0.0605. The lowest BCUT2D eigenvalue weighted by Gasteiger charge is -2.36. The topological polar surface area (TPSA) is 42.6 Å². The zero-order chi connectivity index (χ0) is 22.0. The third kappa shape index (κ3) is 4.23. The minimum absolute atomic E-state index is 0.0605.